The lowest BCUT2D eigenvalue weighted by atomic mass is 10.1. The molecule has 0 bridgehead atoms. The van der Waals surface area contributed by atoms with Crippen molar-refractivity contribution in [3.63, 3.8) is 0 Å². The van der Waals surface area contributed by atoms with Crippen LogP contribution in [0.15, 0.2) is 52.9 Å². The zero-order valence-electron chi connectivity index (χ0n) is 10.1. The summed E-state index contributed by atoms with van der Waals surface area (Å²) in [7, 11) is 0. The topological polar surface area (TPSA) is 63.3 Å². The lowest BCUT2D eigenvalue weighted by Gasteiger charge is -1.98. The van der Waals surface area contributed by atoms with Gasteiger partial charge in [0.05, 0.1) is 6.21 Å². The first-order valence-electron chi connectivity index (χ1n) is 5.80. The van der Waals surface area contributed by atoms with Gasteiger partial charge in [-0.2, -0.15) is 5.10 Å². The molecule has 0 aliphatic heterocycles. The van der Waals surface area contributed by atoms with Crippen LogP contribution in [0.3, 0.4) is 0 Å². The van der Waals surface area contributed by atoms with E-state index in [0.29, 0.717) is 10.9 Å². The lowest BCUT2D eigenvalue weighted by molar-refractivity contribution is 1.29. The Kier molecular flexibility index (Phi) is 3.12. The Hall–Kier alpha value is -2.40. The Morgan fingerprint density at radius 2 is 2.00 bits per heavy atom. The Balaban J connectivity index is 1.77. The number of hydrazone groups is 1. The number of nitrogen functional groups attached to an aromatic ring is 1. The van der Waals surface area contributed by atoms with Gasteiger partial charge < -0.3 is 5.73 Å². The van der Waals surface area contributed by atoms with Gasteiger partial charge in [0.2, 0.25) is 5.13 Å². The first-order chi connectivity index (χ1) is 9.31. The average Bonchev–Trinajstić information content (AvgIpc) is 2.84. The fourth-order valence-electron chi connectivity index (χ4n) is 1.79. The van der Waals surface area contributed by atoms with E-state index in [0.717, 1.165) is 5.56 Å². The van der Waals surface area contributed by atoms with Crippen molar-refractivity contribution in [2.75, 3.05) is 11.2 Å². The van der Waals surface area contributed by atoms with Crippen molar-refractivity contribution < 1.29 is 0 Å². The van der Waals surface area contributed by atoms with Gasteiger partial charge in [-0.25, -0.2) is 4.98 Å². The zero-order valence-corrected chi connectivity index (χ0v) is 10.9. The van der Waals surface area contributed by atoms with E-state index < -0.39 is 0 Å². The summed E-state index contributed by atoms with van der Waals surface area (Å²) in [6.07, 6.45) is 1.77. The smallest absolute Gasteiger partial charge is 0.205 e. The molecule has 0 atom stereocenters. The van der Waals surface area contributed by atoms with Crippen molar-refractivity contribution >= 4 is 39.3 Å². The molecule has 0 aliphatic rings. The van der Waals surface area contributed by atoms with Crippen LogP contribution < -0.4 is 11.2 Å². The SMILES string of the molecule is Nc1csc(NN=Cc2ccc3ccccc3c2)n1. The molecule has 5 heteroatoms. The van der Waals surface area contributed by atoms with Crippen molar-refractivity contribution in [1.82, 2.24) is 4.98 Å². The fourth-order valence-corrected chi connectivity index (χ4v) is 2.34. The largest absolute Gasteiger partial charge is 0.383 e. The Morgan fingerprint density at radius 3 is 2.79 bits per heavy atom. The molecule has 0 saturated heterocycles. The predicted molar refractivity (Wildman–Crippen MR) is 81.7 cm³/mol. The second-order valence-electron chi connectivity index (χ2n) is 4.05. The number of nitrogens with two attached hydrogens (primary N) is 1. The first kappa shape index (κ1) is 11.7. The molecular weight excluding hydrogens is 256 g/mol. The molecule has 3 rings (SSSR count). The third-order valence-electron chi connectivity index (χ3n) is 2.67. The molecule has 1 heterocycles. The molecule has 2 aromatic carbocycles. The summed E-state index contributed by atoms with van der Waals surface area (Å²) in [6.45, 7) is 0. The Bertz CT molecular complexity index is 733. The highest BCUT2D eigenvalue weighted by atomic mass is 32.1. The number of benzene rings is 2. The van der Waals surface area contributed by atoms with Crippen LogP contribution in [0.25, 0.3) is 10.8 Å². The molecule has 0 aliphatic carbocycles. The van der Waals surface area contributed by atoms with Gasteiger partial charge in [-0.3, -0.25) is 5.43 Å². The first-order valence-corrected chi connectivity index (χ1v) is 6.68. The van der Waals surface area contributed by atoms with Gasteiger partial charge >= 0.3 is 0 Å². The molecular formula is C14H12N4S. The maximum atomic E-state index is 5.53. The summed E-state index contributed by atoms with van der Waals surface area (Å²) in [5.74, 6) is 0.508. The summed E-state index contributed by atoms with van der Waals surface area (Å²) in [6, 6.07) is 14.4. The van der Waals surface area contributed by atoms with Gasteiger partial charge in [-0.05, 0) is 22.4 Å². The number of thiazole rings is 1. The highest BCUT2D eigenvalue weighted by Crippen LogP contribution is 2.17. The number of fused-ring (bicyclic) bond motifs is 1. The number of nitrogens with one attached hydrogen (secondary N) is 1. The molecule has 0 radical (unpaired) electrons. The normalized spacial score (nSPS) is 11.2. The molecule has 19 heavy (non-hydrogen) atoms. The minimum Gasteiger partial charge on any atom is -0.383 e. The van der Waals surface area contributed by atoms with Crippen molar-refractivity contribution in [1.29, 1.82) is 0 Å². The highest BCUT2D eigenvalue weighted by Gasteiger charge is 1.96. The van der Waals surface area contributed by atoms with Crippen LogP contribution in [-0.4, -0.2) is 11.2 Å². The Morgan fingerprint density at radius 1 is 1.16 bits per heavy atom. The third kappa shape index (κ3) is 2.71. The second kappa shape index (κ2) is 5.07. The molecule has 0 saturated carbocycles. The molecule has 3 aromatic rings. The van der Waals surface area contributed by atoms with E-state index in [4.69, 9.17) is 5.73 Å². The summed E-state index contributed by atoms with van der Waals surface area (Å²) < 4.78 is 0. The van der Waals surface area contributed by atoms with Crippen LogP contribution in [0, 0.1) is 0 Å². The summed E-state index contributed by atoms with van der Waals surface area (Å²) in [5, 5.41) is 9.03. The van der Waals surface area contributed by atoms with Crippen molar-refractivity contribution in [2.45, 2.75) is 0 Å². The van der Waals surface area contributed by atoms with E-state index in [1.165, 1.54) is 22.1 Å². The molecule has 1 aromatic heterocycles. The standard InChI is InChI=1S/C14H12N4S/c15-13-9-19-14(17-13)18-16-8-10-5-6-11-3-1-2-4-12(11)7-10/h1-9H,15H2,(H,17,18). The average molecular weight is 268 g/mol. The van der Waals surface area contributed by atoms with Crippen LogP contribution in [-0.2, 0) is 0 Å². The summed E-state index contributed by atoms with van der Waals surface area (Å²) in [5.41, 5.74) is 9.43. The zero-order chi connectivity index (χ0) is 13.1. The van der Waals surface area contributed by atoms with E-state index in [2.05, 4.69) is 39.8 Å². The van der Waals surface area contributed by atoms with Gasteiger partial charge in [0.1, 0.15) is 5.82 Å². The number of nitrogens with zero attached hydrogens (tertiary/aromatic N) is 2. The van der Waals surface area contributed by atoms with E-state index in [9.17, 15) is 0 Å². The number of hydrogen-bond donors (Lipinski definition) is 2. The minimum absolute atomic E-state index is 0.508. The monoisotopic (exact) mass is 268 g/mol. The van der Waals surface area contributed by atoms with Gasteiger partial charge in [0.15, 0.2) is 0 Å². The number of anilines is 2. The maximum Gasteiger partial charge on any atom is 0.205 e. The van der Waals surface area contributed by atoms with Crippen molar-refractivity contribution in [3.05, 3.63) is 53.4 Å². The maximum absolute atomic E-state index is 5.53. The molecule has 0 spiro atoms. The summed E-state index contributed by atoms with van der Waals surface area (Å²) in [4.78, 5) is 4.06. The van der Waals surface area contributed by atoms with Gasteiger partial charge in [-0.15, -0.1) is 11.3 Å². The second-order valence-corrected chi connectivity index (χ2v) is 4.91. The highest BCUT2D eigenvalue weighted by molar-refractivity contribution is 7.14. The van der Waals surface area contributed by atoms with Crippen LogP contribution in [0.1, 0.15) is 5.56 Å². The fraction of sp³-hybridized carbons (Fsp3) is 0. The molecule has 3 N–H and O–H groups in total. The van der Waals surface area contributed by atoms with Gasteiger partial charge in [0, 0.05) is 5.38 Å². The van der Waals surface area contributed by atoms with E-state index >= 15 is 0 Å². The molecule has 0 unspecified atom stereocenters. The molecule has 0 amide bonds. The van der Waals surface area contributed by atoms with Crippen molar-refractivity contribution in [2.24, 2.45) is 5.10 Å². The van der Waals surface area contributed by atoms with Crippen molar-refractivity contribution in [3.8, 4) is 0 Å². The van der Waals surface area contributed by atoms with Gasteiger partial charge in [-0.1, -0.05) is 36.4 Å². The number of hydrogen-bond acceptors (Lipinski definition) is 5. The van der Waals surface area contributed by atoms with Crippen LogP contribution in [0.4, 0.5) is 10.9 Å². The van der Waals surface area contributed by atoms with Gasteiger partial charge in [0.25, 0.3) is 0 Å². The van der Waals surface area contributed by atoms with Crippen LogP contribution >= 0.6 is 11.3 Å². The van der Waals surface area contributed by atoms with Crippen LogP contribution in [0.2, 0.25) is 0 Å². The quantitative estimate of drug-likeness (QED) is 0.565. The number of aromatic nitrogens is 1. The van der Waals surface area contributed by atoms with E-state index in [1.54, 1.807) is 11.6 Å². The molecule has 94 valence electrons. The summed E-state index contributed by atoms with van der Waals surface area (Å²) >= 11 is 1.43. The predicted octanol–water partition coefficient (Wildman–Crippen LogP) is 3.32. The molecule has 4 nitrogen and oxygen atoms in total. The lowest BCUT2D eigenvalue weighted by Crippen LogP contribution is -1.91. The number of rotatable bonds is 3. The van der Waals surface area contributed by atoms with Crippen LogP contribution in [0.5, 0.6) is 0 Å². The van der Waals surface area contributed by atoms with E-state index in [-0.39, 0.29) is 0 Å². The third-order valence-corrected chi connectivity index (χ3v) is 3.43. The Labute approximate surface area is 114 Å². The minimum atomic E-state index is 0.508. The van der Waals surface area contributed by atoms with E-state index in [1.807, 2.05) is 18.2 Å². The molecule has 0 fully saturated rings.